The van der Waals surface area contributed by atoms with Crippen LogP contribution in [0.1, 0.15) is 12.8 Å². The van der Waals surface area contributed by atoms with Crippen molar-refractivity contribution in [3.63, 3.8) is 0 Å². The normalized spacial score (nSPS) is 16.6. The van der Waals surface area contributed by atoms with E-state index in [0.717, 1.165) is 28.4 Å². The summed E-state index contributed by atoms with van der Waals surface area (Å²) in [6.45, 7) is 0.736. The number of benzene rings is 1. The van der Waals surface area contributed by atoms with E-state index in [4.69, 9.17) is 9.47 Å². The second kappa shape index (κ2) is 5.74. The molecule has 1 aliphatic rings. The summed E-state index contributed by atoms with van der Waals surface area (Å²) in [5.41, 5.74) is 1.02. The maximum Gasteiger partial charge on any atom is 0.142 e. The van der Waals surface area contributed by atoms with E-state index in [2.05, 4.69) is 21.2 Å². The first kappa shape index (κ1) is 12.7. The van der Waals surface area contributed by atoms with Gasteiger partial charge < -0.3 is 14.8 Å². The minimum atomic E-state index is 0.378. The quantitative estimate of drug-likeness (QED) is 0.874. The van der Waals surface area contributed by atoms with Gasteiger partial charge in [0.2, 0.25) is 0 Å². The van der Waals surface area contributed by atoms with Crippen LogP contribution in [-0.2, 0) is 4.74 Å². The molecule has 2 rings (SSSR count). The van der Waals surface area contributed by atoms with Crippen LogP contribution in [0, 0.1) is 5.92 Å². The van der Waals surface area contributed by atoms with E-state index >= 15 is 0 Å². The number of nitrogens with one attached hydrogen (secondary N) is 1. The number of anilines is 1. The van der Waals surface area contributed by atoms with Crippen LogP contribution in [0.15, 0.2) is 22.7 Å². The van der Waals surface area contributed by atoms with Crippen molar-refractivity contribution in [1.82, 2.24) is 0 Å². The first-order valence-corrected chi connectivity index (χ1v) is 6.63. The van der Waals surface area contributed by atoms with Gasteiger partial charge in [0.15, 0.2) is 0 Å². The van der Waals surface area contributed by atoms with Gasteiger partial charge in [0.25, 0.3) is 0 Å². The molecule has 94 valence electrons. The van der Waals surface area contributed by atoms with Gasteiger partial charge in [-0.15, -0.1) is 0 Å². The second-order valence-electron chi connectivity index (χ2n) is 4.39. The molecule has 1 unspecified atom stereocenters. The fourth-order valence-electron chi connectivity index (χ4n) is 1.97. The van der Waals surface area contributed by atoms with Crippen molar-refractivity contribution in [3.8, 4) is 5.75 Å². The number of hydrogen-bond acceptors (Lipinski definition) is 3. The third kappa shape index (κ3) is 3.36. The standard InChI is InChI=1S/C13H18BrNO2/c1-16-8-12(9-3-4-9)15-11-7-10(14)5-6-13(11)17-2/h5-7,9,12,15H,3-4,8H2,1-2H3. The van der Waals surface area contributed by atoms with Crippen LogP contribution in [0.4, 0.5) is 5.69 Å². The molecule has 0 radical (unpaired) electrons. The summed E-state index contributed by atoms with van der Waals surface area (Å²) in [7, 11) is 3.44. The highest BCUT2D eigenvalue weighted by Gasteiger charge is 2.31. The van der Waals surface area contributed by atoms with E-state index < -0.39 is 0 Å². The summed E-state index contributed by atoms with van der Waals surface area (Å²) in [4.78, 5) is 0. The number of methoxy groups -OCH3 is 2. The zero-order valence-corrected chi connectivity index (χ0v) is 11.8. The first-order valence-electron chi connectivity index (χ1n) is 5.83. The zero-order chi connectivity index (χ0) is 12.3. The molecule has 0 bridgehead atoms. The fraction of sp³-hybridized carbons (Fsp3) is 0.538. The van der Waals surface area contributed by atoms with Gasteiger partial charge in [-0.25, -0.2) is 0 Å². The number of rotatable bonds is 6. The van der Waals surface area contributed by atoms with Crippen LogP contribution >= 0.6 is 15.9 Å². The molecular weight excluding hydrogens is 282 g/mol. The average molecular weight is 300 g/mol. The molecule has 1 saturated carbocycles. The molecule has 1 N–H and O–H groups in total. The summed E-state index contributed by atoms with van der Waals surface area (Å²) < 4.78 is 11.7. The highest BCUT2D eigenvalue weighted by Crippen LogP contribution is 2.36. The molecule has 0 heterocycles. The Hall–Kier alpha value is -0.740. The van der Waals surface area contributed by atoms with Crippen LogP contribution in [0.3, 0.4) is 0 Å². The molecule has 1 atom stereocenters. The van der Waals surface area contributed by atoms with Gasteiger partial charge in [-0.2, -0.15) is 0 Å². The Labute approximate surface area is 111 Å². The van der Waals surface area contributed by atoms with Gasteiger partial charge in [0.05, 0.1) is 25.4 Å². The molecule has 1 aromatic carbocycles. The summed E-state index contributed by atoms with van der Waals surface area (Å²) in [5.74, 6) is 1.61. The minimum Gasteiger partial charge on any atom is -0.495 e. The number of hydrogen-bond donors (Lipinski definition) is 1. The van der Waals surface area contributed by atoms with Crippen molar-refractivity contribution in [2.75, 3.05) is 26.1 Å². The lowest BCUT2D eigenvalue weighted by Crippen LogP contribution is -2.27. The Balaban J connectivity index is 2.11. The van der Waals surface area contributed by atoms with Crippen LogP contribution in [0.5, 0.6) is 5.75 Å². The Morgan fingerprint density at radius 3 is 2.76 bits per heavy atom. The Morgan fingerprint density at radius 2 is 2.18 bits per heavy atom. The average Bonchev–Trinajstić information content (AvgIpc) is 3.13. The lowest BCUT2D eigenvalue weighted by molar-refractivity contribution is 0.179. The van der Waals surface area contributed by atoms with Gasteiger partial charge in [-0.05, 0) is 37.0 Å². The monoisotopic (exact) mass is 299 g/mol. The van der Waals surface area contributed by atoms with Crippen molar-refractivity contribution >= 4 is 21.6 Å². The lowest BCUT2D eigenvalue weighted by Gasteiger charge is -2.20. The molecular formula is C13H18BrNO2. The van der Waals surface area contributed by atoms with Gasteiger partial charge in [-0.3, -0.25) is 0 Å². The molecule has 17 heavy (non-hydrogen) atoms. The molecule has 0 amide bonds. The fourth-order valence-corrected chi connectivity index (χ4v) is 2.33. The minimum absolute atomic E-state index is 0.378. The predicted octanol–water partition coefficient (Wildman–Crippen LogP) is 3.29. The predicted molar refractivity (Wildman–Crippen MR) is 72.7 cm³/mol. The van der Waals surface area contributed by atoms with Crippen molar-refractivity contribution in [2.24, 2.45) is 5.92 Å². The molecule has 1 fully saturated rings. The van der Waals surface area contributed by atoms with E-state index in [1.165, 1.54) is 12.8 Å². The van der Waals surface area contributed by atoms with Gasteiger partial charge in [-0.1, -0.05) is 15.9 Å². The maximum absolute atomic E-state index is 5.36. The number of ether oxygens (including phenoxy) is 2. The summed E-state index contributed by atoms with van der Waals surface area (Å²) in [6, 6.07) is 6.36. The van der Waals surface area contributed by atoms with Gasteiger partial charge in [0.1, 0.15) is 5.75 Å². The third-order valence-electron chi connectivity index (χ3n) is 3.04. The largest absolute Gasteiger partial charge is 0.495 e. The molecule has 0 saturated heterocycles. The van der Waals surface area contributed by atoms with Crippen molar-refractivity contribution in [2.45, 2.75) is 18.9 Å². The van der Waals surface area contributed by atoms with Crippen molar-refractivity contribution in [3.05, 3.63) is 22.7 Å². The molecule has 0 spiro atoms. The summed E-state index contributed by atoms with van der Waals surface area (Å²) in [6.07, 6.45) is 2.58. The maximum atomic E-state index is 5.36. The van der Waals surface area contributed by atoms with Crippen LogP contribution in [0.2, 0.25) is 0 Å². The highest BCUT2D eigenvalue weighted by molar-refractivity contribution is 9.10. The van der Waals surface area contributed by atoms with E-state index in [0.29, 0.717) is 6.04 Å². The van der Waals surface area contributed by atoms with Crippen molar-refractivity contribution in [1.29, 1.82) is 0 Å². The molecule has 1 aliphatic carbocycles. The van der Waals surface area contributed by atoms with E-state index in [1.807, 2.05) is 18.2 Å². The molecule has 0 aliphatic heterocycles. The highest BCUT2D eigenvalue weighted by atomic mass is 79.9. The van der Waals surface area contributed by atoms with Crippen molar-refractivity contribution < 1.29 is 9.47 Å². The van der Waals surface area contributed by atoms with E-state index in [9.17, 15) is 0 Å². The Kier molecular flexibility index (Phi) is 4.29. The first-order chi connectivity index (χ1) is 8.24. The smallest absolute Gasteiger partial charge is 0.142 e. The lowest BCUT2D eigenvalue weighted by atomic mass is 10.2. The second-order valence-corrected chi connectivity index (χ2v) is 5.30. The van der Waals surface area contributed by atoms with E-state index in [1.54, 1.807) is 14.2 Å². The molecule has 1 aromatic rings. The number of halogens is 1. The Bertz CT molecular complexity index is 380. The van der Waals surface area contributed by atoms with Crippen LogP contribution in [0.25, 0.3) is 0 Å². The Morgan fingerprint density at radius 1 is 1.41 bits per heavy atom. The van der Waals surface area contributed by atoms with Gasteiger partial charge in [0, 0.05) is 11.6 Å². The van der Waals surface area contributed by atoms with Crippen LogP contribution in [-0.4, -0.2) is 26.9 Å². The molecule has 4 heteroatoms. The third-order valence-corrected chi connectivity index (χ3v) is 3.53. The van der Waals surface area contributed by atoms with Crippen LogP contribution < -0.4 is 10.1 Å². The topological polar surface area (TPSA) is 30.5 Å². The van der Waals surface area contributed by atoms with Gasteiger partial charge >= 0.3 is 0 Å². The molecule has 3 nitrogen and oxygen atoms in total. The summed E-state index contributed by atoms with van der Waals surface area (Å²) in [5, 5.41) is 3.52. The van der Waals surface area contributed by atoms with E-state index in [-0.39, 0.29) is 0 Å². The SMILES string of the molecule is COCC(Nc1cc(Br)ccc1OC)C1CC1. The summed E-state index contributed by atoms with van der Waals surface area (Å²) >= 11 is 3.48. The molecule has 0 aromatic heterocycles. The zero-order valence-electron chi connectivity index (χ0n) is 10.2.